The summed E-state index contributed by atoms with van der Waals surface area (Å²) in [5, 5.41) is 0. The molecule has 1 amide bonds. The van der Waals surface area contributed by atoms with E-state index in [4.69, 9.17) is 12.2 Å². The Kier molecular flexibility index (Phi) is 4.42. The van der Waals surface area contributed by atoms with Gasteiger partial charge < -0.3 is 0 Å². The first kappa shape index (κ1) is 14.3. The topological polar surface area (TPSA) is 20.3 Å². The van der Waals surface area contributed by atoms with Crippen molar-refractivity contribution in [2.45, 2.75) is 20.8 Å². The quantitative estimate of drug-likeness (QED) is 0.623. The molecule has 0 saturated carbocycles. The number of hydrogen-bond donors (Lipinski definition) is 0. The second-order valence-electron chi connectivity index (χ2n) is 5.10. The van der Waals surface area contributed by atoms with Crippen LogP contribution < -0.4 is 0 Å². The van der Waals surface area contributed by atoms with Crippen molar-refractivity contribution < 1.29 is 4.79 Å². The van der Waals surface area contributed by atoms with Gasteiger partial charge in [-0.2, -0.15) is 0 Å². The van der Waals surface area contributed by atoms with Crippen LogP contribution in [0.2, 0.25) is 0 Å². The van der Waals surface area contributed by atoms with Gasteiger partial charge in [0.2, 0.25) is 0 Å². The van der Waals surface area contributed by atoms with Gasteiger partial charge in [0.25, 0.3) is 5.91 Å². The lowest BCUT2D eigenvalue weighted by molar-refractivity contribution is -0.122. The van der Waals surface area contributed by atoms with E-state index in [0.29, 0.717) is 16.8 Å². The lowest BCUT2D eigenvalue weighted by atomic mass is 10.1. The molecular formula is C15H17NOS2. The fourth-order valence-corrected chi connectivity index (χ4v) is 3.11. The van der Waals surface area contributed by atoms with Crippen LogP contribution in [0.25, 0.3) is 6.08 Å². The molecule has 0 N–H and O–H groups in total. The van der Waals surface area contributed by atoms with Gasteiger partial charge in [-0.05, 0) is 24.5 Å². The van der Waals surface area contributed by atoms with E-state index in [1.807, 2.05) is 37.3 Å². The molecule has 2 nitrogen and oxygen atoms in total. The molecule has 1 fully saturated rings. The maximum atomic E-state index is 12.3. The number of aryl methyl sites for hydroxylation is 1. The Morgan fingerprint density at radius 3 is 2.53 bits per heavy atom. The zero-order valence-corrected chi connectivity index (χ0v) is 13.0. The highest BCUT2D eigenvalue weighted by molar-refractivity contribution is 8.26. The van der Waals surface area contributed by atoms with Crippen molar-refractivity contribution in [2.24, 2.45) is 5.92 Å². The number of thioether (sulfide) groups is 1. The first-order chi connectivity index (χ1) is 8.97. The summed E-state index contributed by atoms with van der Waals surface area (Å²) >= 11 is 6.67. The van der Waals surface area contributed by atoms with Crippen molar-refractivity contribution in [1.29, 1.82) is 0 Å². The third-order valence-corrected chi connectivity index (χ3v) is 4.17. The van der Waals surface area contributed by atoms with Crippen LogP contribution in [0.3, 0.4) is 0 Å². The van der Waals surface area contributed by atoms with Crippen LogP contribution >= 0.6 is 24.0 Å². The van der Waals surface area contributed by atoms with Gasteiger partial charge >= 0.3 is 0 Å². The highest BCUT2D eigenvalue weighted by Gasteiger charge is 2.32. The minimum atomic E-state index is 0.0317. The first-order valence-electron chi connectivity index (χ1n) is 6.29. The van der Waals surface area contributed by atoms with Crippen LogP contribution in [0, 0.1) is 12.8 Å². The van der Waals surface area contributed by atoms with Crippen molar-refractivity contribution in [2.75, 3.05) is 6.54 Å². The first-order valence-corrected chi connectivity index (χ1v) is 7.52. The summed E-state index contributed by atoms with van der Waals surface area (Å²) in [5.41, 5.74) is 2.25. The minimum Gasteiger partial charge on any atom is -0.293 e. The smallest absolute Gasteiger partial charge is 0.266 e. The maximum absolute atomic E-state index is 12.3. The summed E-state index contributed by atoms with van der Waals surface area (Å²) in [4.78, 5) is 14.7. The monoisotopic (exact) mass is 291 g/mol. The van der Waals surface area contributed by atoms with Gasteiger partial charge in [0, 0.05) is 6.54 Å². The fraction of sp³-hybridized carbons (Fsp3) is 0.333. The molecule has 0 unspecified atom stereocenters. The van der Waals surface area contributed by atoms with E-state index in [-0.39, 0.29) is 5.91 Å². The molecule has 0 radical (unpaired) electrons. The summed E-state index contributed by atoms with van der Waals surface area (Å²) < 4.78 is 0.664. The van der Waals surface area contributed by atoms with Gasteiger partial charge in [0.05, 0.1) is 4.91 Å². The molecule has 2 rings (SSSR count). The number of nitrogens with zero attached hydrogens (tertiary/aromatic N) is 1. The molecular weight excluding hydrogens is 274 g/mol. The van der Waals surface area contributed by atoms with E-state index >= 15 is 0 Å². The Bertz CT molecular complexity index is 532. The minimum absolute atomic E-state index is 0.0317. The largest absolute Gasteiger partial charge is 0.293 e. The number of carbonyl (C=O) groups excluding carboxylic acids is 1. The molecule has 0 atom stereocenters. The zero-order valence-electron chi connectivity index (χ0n) is 11.3. The third-order valence-electron chi connectivity index (χ3n) is 2.80. The van der Waals surface area contributed by atoms with Gasteiger partial charge in [-0.25, -0.2) is 0 Å². The van der Waals surface area contributed by atoms with E-state index in [9.17, 15) is 4.79 Å². The summed E-state index contributed by atoms with van der Waals surface area (Å²) in [5.74, 6) is 0.450. The van der Waals surface area contributed by atoms with Crippen LogP contribution in [0.5, 0.6) is 0 Å². The Hall–Kier alpha value is -1.13. The normalized spacial score (nSPS) is 17.9. The zero-order chi connectivity index (χ0) is 14.0. The number of rotatable bonds is 3. The second kappa shape index (κ2) is 5.88. The summed E-state index contributed by atoms with van der Waals surface area (Å²) in [7, 11) is 0. The summed E-state index contributed by atoms with van der Waals surface area (Å²) in [6.45, 7) is 6.91. The SMILES string of the molecule is Cc1ccc(C=C2SC(=S)N(CC(C)C)C2=O)cc1. The standard InChI is InChI=1S/C15H17NOS2/c1-10(2)9-16-14(17)13(19-15(16)18)8-12-6-4-11(3)5-7-12/h4-8,10H,9H2,1-3H3. The Balaban J connectivity index is 2.20. The van der Waals surface area contributed by atoms with E-state index in [1.54, 1.807) is 4.90 Å². The number of hydrogen-bond acceptors (Lipinski definition) is 3. The highest BCUT2D eigenvalue weighted by atomic mass is 32.2. The van der Waals surface area contributed by atoms with Gasteiger partial charge in [-0.1, -0.05) is 67.7 Å². The summed E-state index contributed by atoms with van der Waals surface area (Å²) in [6, 6.07) is 8.12. The molecule has 1 aliphatic heterocycles. The molecule has 0 spiro atoms. The number of carbonyl (C=O) groups is 1. The van der Waals surface area contributed by atoms with Crippen molar-refractivity contribution in [3.05, 3.63) is 40.3 Å². The molecule has 100 valence electrons. The predicted molar refractivity (Wildman–Crippen MR) is 85.9 cm³/mol. The van der Waals surface area contributed by atoms with Crippen molar-refractivity contribution in [3.8, 4) is 0 Å². The lowest BCUT2D eigenvalue weighted by Crippen LogP contribution is -2.31. The molecule has 1 heterocycles. The maximum Gasteiger partial charge on any atom is 0.266 e. The Morgan fingerprint density at radius 1 is 1.32 bits per heavy atom. The van der Waals surface area contributed by atoms with E-state index < -0.39 is 0 Å². The van der Waals surface area contributed by atoms with Gasteiger partial charge in [0.15, 0.2) is 0 Å². The van der Waals surface area contributed by atoms with E-state index in [2.05, 4.69) is 13.8 Å². The second-order valence-corrected chi connectivity index (χ2v) is 6.77. The number of thiocarbonyl (C=S) groups is 1. The van der Waals surface area contributed by atoms with Crippen LogP contribution in [0.4, 0.5) is 0 Å². The Morgan fingerprint density at radius 2 is 1.95 bits per heavy atom. The molecule has 19 heavy (non-hydrogen) atoms. The number of benzene rings is 1. The number of amides is 1. The highest BCUT2D eigenvalue weighted by Crippen LogP contribution is 2.32. The van der Waals surface area contributed by atoms with Crippen molar-refractivity contribution >= 4 is 40.3 Å². The lowest BCUT2D eigenvalue weighted by Gasteiger charge is -2.16. The third kappa shape index (κ3) is 3.45. The fourth-order valence-electron chi connectivity index (χ4n) is 1.84. The molecule has 0 bridgehead atoms. The van der Waals surface area contributed by atoms with Gasteiger partial charge in [0.1, 0.15) is 4.32 Å². The van der Waals surface area contributed by atoms with Crippen LogP contribution in [-0.2, 0) is 4.79 Å². The molecule has 1 aromatic rings. The Labute approximate surface area is 123 Å². The summed E-state index contributed by atoms with van der Waals surface area (Å²) in [6.07, 6.45) is 1.92. The van der Waals surface area contributed by atoms with Gasteiger partial charge in [-0.3, -0.25) is 9.69 Å². The molecule has 0 aromatic heterocycles. The van der Waals surface area contributed by atoms with Gasteiger partial charge in [-0.15, -0.1) is 0 Å². The molecule has 0 aliphatic carbocycles. The van der Waals surface area contributed by atoms with Crippen LogP contribution in [0.1, 0.15) is 25.0 Å². The van der Waals surface area contributed by atoms with Crippen molar-refractivity contribution in [3.63, 3.8) is 0 Å². The van der Waals surface area contributed by atoms with E-state index in [0.717, 1.165) is 10.5 Å². The van der Waals surface area contributed by atoms with E-state index in [1.165, 1.54) is 17.3 Å². The van der Waals surface area contributed by atoms with Crippen LogP contribution in [0.15, 0.2) is 29.2 Å². The predicted octanol–water partition coefficient (Wildman–Crippen LogP) is 3.85. The molecule has 1 saturated heterocycles. The molecule has 1 aromatic carbocycles. The average molecular weight is 291 g/mol. The molecule has 1 aliphatic rings. The van der Waals surface area contributed by atoms with Crippen LogP contribution in [-0.4, -0.2) is 21.7 Å². The average Bonchev–Trinajstić information content (AvgIpc) is 2.60. The van der Waals surface area contributed by atoms with Crippen molar-refractivity contribution in [1.82, 2.24) is 4.90 Å². The molecule has 4 heteroatoms.